The van der Waals surface area contributed by atoms with Crippen LogP contribution in [0.1, 0.15) is 20.1 Å². The Kier molecular flexibility index (Phi) is 5.89. The van der Waals surface area contributed by atoms with Gasteiger partial charge in [-0.15, -0.1) is 0 Å². The van der Waals surface area contributed by atoms with E-state index in [1.54, 1.807) is 18.7 Å². The van der Waals surface area contributed by atoms with Crippen LogP contribution in [0.2, 0.25) is 0 Å². The number of aliphatic hydroxyl groups is 5. The minimum absolute atomic E-state index is 0.234. The van der Waals surface area contributed by atoms with E-state index in [0.29, 0.717) is 17.0 Å². The monoisotopic (exact) mass is 383 g/mol. The zero-order valence-corrected chi connectivity index (χ0v) is 15.1. The first-order valence-corrected chi connectivity index (χ1v) is 8.74. The van der Waals surface area contributed by atoms with Crippen LogP contribution in [0.4, 0.5) is 5.82 Å². The molecule has 0 spiro atoms. The number of ether oxygens (including phenoxy) is 1. The predicted octanol–water partition coefficient (Wildman–Crippen LogP) is -1.99. The van der Waals surface area contributed by atoms with Gasteiger partial charge in [0.2, 0.25) is 0 Å². The van der Waals surface area contributed by atoms with Crippen LogP contribution in [-0.2, 0) is 4.74 Å². The van der Waals surface area contributed by atoms with Crippen LogP contribution in [0.15, 0.2) is 12.7 Å². The summed E-state index contributed by atoms with van der Waals surface area (Å²) in [5.41, 5.74) is 0.757. The Morgan fingerprint density at radius 2 is 1.78 bits per heavy atom. The first-order chi connectivity index (χ1) is 12.8. The highest BCUT2D eigenvalue weighted by atomic mass is 16.6. The fraction of sp³-hybridized carbons (Fsp3) is 0.688. The molecule has 1 saturated heterocycles. The first kappa shape index (κ1) is 19.9. The number of imidazole rings is 1. The predicted molar refractivity (Wildman–Crippen MR) is 93.9 cm³/mol. The smallest absolute Gasteiger partial charge is 0.167 e. The van der Waals surface area contributed by atoms with Gasteiger partial charge < -0.3 is 35.2 Å². The van der Waals surface area contributed by atoms with Gasteiger partial charge in [0, 0.05) is 13.1 Å². The number of hydrogen-bond acceptors (Lipinski definition) is 10. The summed E-state index contributed by atoms with van der Waals surface area (Å²) in [6, 6.07) is 0. The SMILES string of the molecule is CC(O)CN(CC(C)O)c1ncnc2c1ncn2[C@@H]1O[C@H](CO)C(O)[C@@H]1O. The molecular weight excluding hydrogens is 358 g/mol. The lowest BCUT2D eigenvalue weighted by atomic mass is 10.1. The van der Waals surface area contributed by atoms with Gasteiger partial charge in [0.1, 0.15) is 24.6 Å². The molecule has 3 unspecified atom stereocenters. The van der Waals surface area contributed by atoms with Gasteiger partial charge in [0.25, 0.3) is 0 Å². The average Bonchev–Trinajstić information content (AvgIpc) is 3.15. The molecule has 3 heterocycles. The van der Waals surface area contributed by atoms with Crippen molar-refractivity contribution in [2.75, 3.05) is 24.6 Å². The van der Waals surface area contributed by atoms with Crippen molar-refractivity contribution in [2.24, 2.45) is 0 Å². The number of aromatic nitrogens is 4. The molecule has 2 aromatic heterocycles. The fourth-order valence-electron chi connectivity index (χ4n) is 3.25. The summed E-state index contributed by atoms with van der Waals surface area (Å²) in [7, 11) is 0. The summed E-state index contributed by atoms with van der Waals surface area (Å²) in [6.07, 6.45) is -2.96. The topological polar surface area (TPSA) is 157 Å². The molecule has 0 amide bonds. The minimum atomic E-state index is -1.26. The molecule has 5 N–H and O–H groups in total. The quantitative estimate of drug-likeness (QED) is 0.362. The molecule has 1 aliphatic rings. The molecular formula is C16H25N5O6. The van der Waals surface area contributed by atoms with E-state index in [0.717, 1.165) is 0 Å². The minimum Gasteiger partial charge on any atom is -0.394 e. The van der Waals surface area contributed by atoms with Crippen molar-refractivity contribution in [1.82, 2.24) is 19.5 Å². The number of rotatable bonds is 7. The standard InChI is InChI=1S/C16H25N5O6/c1-8(23)3-20(4-9(2)24)14-11-15(18-6-17-14)21(7-19-11)16-13(26)12(25)10(5-22)27-16/h6-10,12-13,16,22-26H,3-5H2,1-2H3/t8?,9?,10-,12?,13+,16-/m1/s1. The van der Waals surface area contributed by atoms with Crippen molar-refractivity contribution >= 4 is 17.0 Å². The van der Waals surface area contributed by atoms with Crippen molar-refractivity contribution in [1.29, 1.82) is 0 Å². The molecule has 0 bridgehead atoms. The van der Waals surface area contributed by atoms with E-state index >= 15 is 0 Å². The molecule has 0 aliphatic carbocycles. The fourth-order valence-corrected chi connectivity index (χ4v) is 3.25. The molecule has 1 aliphatic heterocycles. The van der Waals surface area contributed by atoms with Crippen molar-refractivity contribution in [3.8, 4) is 0 Å². The zero-order valence-electron chi connectivity index (χ0n) is 15.1. The Labute approximate surface area is 155 Å². The van der Waals surface area contributed by atoms with Crippen molar-refractivity contribution in [3.63, 3.8) is 0 Å². The van der Waals surface area contributed by atoms with Crippen LogP contribution in [-0.4, -0.2) is 95.3 Å². The van der Waals surface area contributed by atoms with Gasteiger partial charge in [-0.3, -0.25) is 4.57 Å². The summed E-state index contributed by atoms with van der Waals surface area (Å²) in [6.45, 7) is 3.30. The second-order valence-electron chi connectivity index (χ2n) is 6.85. The molecule has 2 aromatic rings. The molecule has 3 rings (SSSR count). The van der Waals surface area contributed by atoms with Crippen molar-refractivity contribution in [2.45, 2.75) is 50.6 Å². The van der Waals surface area contributed by atoms with Crippen molar-refractivity contribution < 1.29 is 30.3 Å². The van der Waals surface area contributed by atoms with E-state index in [9.17, 15) is 25.5 Å². The molecule has 6 atom stereocenters. The van der Waals surface area contributed by atoms with Crippen molar-refractivity contribution in [3.05, 3.63) is 12.7 Å². The maximum atomic E-state index is 10.3. The number of nitrogens with zero attached hydrogens (tertiary/aromatic N) is 5. The molecule has 11 heteroatoms. The molecule has 1 fully saturated rings. The molecule has 0 saturated carbocycles. The van der Waals surface area contributed by atoms with Crippen LogP contribution >= 0.6 is 0 Å². The van der Waals surface area contributed by atoms with Gasteiger partial charge >= 0.3 is 0 Å². The lowest BCUT2D eigenvalue weighted by molar-refractivity contribution is -0.0511. The van der Waals surface area contributed by atoms with E-state index in [2.05, 4.69) is 15.0 Å². The Bertz CT molecular complexity index is 759. The van der Waals surface area contributed by atoms with E-state index in [4.69, 9.17) is 4.74 Å². The zero-order chi connectivity index (χ0) is 19.7. The number of aliphatic hydroxyl groups excluding tert-OH is 5. The second kappa shape index (κ2) is 8.00. The largest absolute Gasteiger partial charge is 0.394 e. The summed E-state index contributed by atoms with van der Waals surface area (Å²) in [4.78, 5) is 14.5. The lowest BCUT2D eigenvalue weighted by Gasteiger charge is -2.26. The number of hydrogen-bond donors (Lipinski definition) is 5. The van der Waals surface area contributed by atoms with Gasteiger partial charge in [-0.1, -0.05) is 0 Å². The van der Waals surface area contributed by atoms with Crippen LogP contribution < -0.4 is 4.90 Å². The van der Waals surface area contributed by atoms with Crippen LogP contribution in [0.3, 0.4) is 0 Å². The summed E-state index contributed by atoms with van der Waals surface area (Å²) in [5, 5.41) is 49.0. The molecule has 150 valence electrons. The summed E-state index contributed by atoms with van der Waals surface area (Å²) < 4.78 is 7.00. The molecule has 0 aromatic carbocycles. The number of anilines is 1. The third-order valence-electron chi connectivity index (χ3n) is 4.40. The van der Waals surface area contributed by atoms with Gasteiger partial charge in [0.15, 0.2) is 23.2 Å². The maximum Gasteiger partial charge on any atom is 0.167 e. The summed E-state index contributed by atoms with van der Waals surface area (Å²) in [5.74, 6) is 0.423. The summed E-state index contributed by atoms with van der Waals surface area (Å²) >= 11 is 0. The third kappa shape index (κ3) is 3.88. The number of fused-ring (bicyclic) bond motifs is 1. The van der Waals surface area contributed by atoms with E-state index < -0.39 is 43.4 Å². The molecule has 0 radical (unpaired) electrons. The highest BCUT2D eigenvalue weighted by Crippen LogP contribution is 2.32. The second-order valence-corrected chi connectivity index (χ2v) is 6.85. The average molecular weight is 383 g/mol. The van der Waals surface area contributed by atoms with Crippen LogP contribution in [0, 0.1) is 0 Å². The van der Waals surface area contributed by atoms with E-state index in [-0.39, 0.29) is 13.1 Å². The highest BCUT2D eigenvalue weighted by Gasteiger charge is 2.44. The Balaban J connectivity index is 1.99. The maximum absolute atomic E-state index is 10.3. The van der Waals surface area contributed by atoms with Gasteiger partial charge in [0.05, 0.1) is 25.1 Å². The Morgan fingerprint density at radius 1 is 1.11 bits per heavy atom. The molecule has 11 nitrogen and oxygen atoms in total. The van der Waals surface area contributed by atoms with Crippen LogP contribution in [0.5, 0.6) is 0 Å². The van der Waals surface area contributed by atoms with Crippen LogP contribution in [0.25, 0.3) is 11.2 Å². The molecule has 27 heavy (non-hydrogen) atoms. The van der Waals surface area contributed by atoms with E-state index in [1.165, 1.54) is 17.2 Å². The van der Waals surface area contributed by atoms with Gasteiger partial charge in [-0.2, -0.15) is 0 Å². The van der Waals surface area contributed by atoms with Gasteiger partial charge in [-0.05, 0) is 13.8 Å². The highest BCUT2D eigenvalue weighted by molar-refractivity contribution is 5.83. The normalized spacial score (nSPS) is 27.8. The first-order valence-electron chi connectivity index (χ1n) is 8.74. The Morgan fingerprint density at radius 3 is 2.33 bits per heavy atom. The van der Waals surface area contributed by atoms with E-state index in [1.807, 2.05) is 0 Å². The van der Waals surface area contributed by atoms with Gasteiger partial charge in [-0.25, -0.2) is 15.0 Å². The Hall–Kier alpha value is -1.89. The lowest BCUT2D eigenvalue weighted by Crippen LogP contribution is -2.37. The third-order valence-corrected chi connectivity index (χ3v) is 4.40.